The Labute approximate surface area is 97.8 Å². The van der Waals surface area contributed by atoms with Gasteiger partial charge < -0.3 is 5.11 Å². The van der Waals surface area contributed by atoms with Gasteiger partial charge in [0.2, 0.25) is 0 Å². The van der Waals surface area contributed by atoms with Gasteiger partial charge in [0, 0.05) is 8.04 Å². The van der Waals surface area contributed by atoms with Crippen LogP contribution in [0.4, 0.5) is 10.5 Å². The predicted molar refractivity (Wildman–Crippen MR) is 63.2 cm³/mol. The van der Waals surface area contributed by atoms with Crippen molar-refractivity contribution in [3.63, 3.8) is 0 Å². The van der Waals surface area contributed by atoms with Gasteiger partial charge in [0.05, 0.1) is 5.69 Å². The molecule has 0 heterocycles. The number of hydrogen-bond acceptors (Lipinski definition) is 1. The lowest BCUT2D eigenvalue weighted by molar-refractivity contribution is 0.209. The Balaban J connectivity index is 3.08. The van der Waals surface area contributed by atoms with E-state index in [4.69, 9.17) is 5.11 Å². The number of rotatable bonds is 1. The average molecular weight is 356 g/mol. The van der Waals surface area contributed by atoms with Gasteiger partial charge in [-0.05, 0) is 47.2 Å². The second-order valence-corrected chi connectivity index (χ2v) is 4.53. The van der Waals surface area contributed by atoms with Gasteiger partial charge in [0.15, 0.2) is 0 Å². The Hall–Kier alpha value is -0.300. The maximum Gasteiger partial charge on any atom is 0.409 e. The number of anilines is 1. The molecule has 2 N–H and O–H groups in total. The fourth-order valence-electron chi connectivity index (χ4n) is 0.868. The van der Waals surface area contributed by atoms with Crippen molar-refractivity contribution < 1.29 is 9.90 Å². The number of carbonyl (C=O) groups is 1. The zero-order valence-corrected chi connectivity index (χ0v) is 10.5. The first-order valence-corrected chi connectivity index (χ1v) is 5.33. The van der Waals surface area contributed by atoms with Crippen LogP contribution in [0.3, 0.4) is 0 Å². The van der Waals surface area contributed by atoms with Crippen molar-refractivity contribution in [2.45, 2.75) is 6.92 Å². The normalized spacial score (nSPS) is 9.77. The lowest BCUT2D eigenvalue weighted by atomic mass is 10.2. The third kappa shape index (κ3) is 2.84. The average Bonchev–Trinajstić information content (AvgIpc) is 1.99. The highest BCUT2D eigenvalue weighted by atomic mass is 127. The van der Waals surface area contributed by atoms with Crippen LogP contribution >= 0.6 is 38.5 Å². The lowest BCUT2D eigenvalue weighted by Crippen LogP contribution is -2.08. The Morgan fingerprint density at radius 3 is 2.77 bits per heavy atom. The summed E-state index contributed by atoms with van der Waals surface area (Å²) in [5.41, 5.74) is 1.62. The fraction of sp³-hybridized carbons (Fsp3) is 0.125. The summed E-state index contributed by atoms with van der Waals surface area (Å²) in [7, 11) is 0. The van der Waals surface area contributed by atoms with Gasteiger partial charge in [-0.15, -0.1) is 0 Å². The molecule has 1 aromatic rings. The second kappa shape index (κ2) is 4.28. The molecular weight excluding hydrogens is 349 g/mol. The molecule has 13 heavy (non-hydrogen) atoms. The van der Waals surface area contributed by atoms with Crippen molar-refractivity contribution in [2.75, 3.05) is 5.32 Å². The number of aryl methyl sites for hydroxylation is 1. The number of carboxylic acid groups (broad SMARTS) is 1. The van der Waals surface area contributed by atoms with Gasteiger partial charge >= 0.3 is 6.09 Å². The summed E-state index contributed by atoms with van der Waals surface area (Å²) in [5, 5.41) is 10.9. The molecule has 5 heteroatoms. The largest absolute Gasteiger partial charge is 0.465 e. The van der Waals surface area contributed by atoms with E-state index in [1.54, 1.807) is 6.07 Å². The number of hydrogen-bond donors (Lipinski definition) is 2. The minimum Gasteiger partial charge on any atom is -0.465 e. The molecule has 0 aliphatic carbocycles. The minimum absolute atomic E-state index is 0.619. The van der Waals surface area contributed by atoms with Gasteiger partial charge in [-0.2, -0.15) is 0 Å². The maximum absolute atomic E-state index is 10.4. The van der Waals surface area contributed by atoms with Gasteiger partial charge in [-0.1, -0.05) is 15.9 Å². The van der Waals surface area contributed by atoms with Gasteiger partial charge in [0.1, 0.15) is 0 Å². The van der Waals surface area contributed by atoms with Crippen molar-refractivity contribution in [2.24, 2.45) is 0 Å². The van der Waals surface area contributed by atoms with Crippen LogP contribution in [-0.4, -0.2) is 11.2 Å². The third-order valence-electron chi connectivity index (χ3n) is 1.49. The Morgan fingerprint density at radius 1 is 1.62 bits per heavy atom. The fourth-order valence-corrected chi connectivity index (χ4v) is 2.24. The maximum atomic E-state index is 10.4. The van der Waals surface area contributed by atoms with Crippen LogP contribution in [0.25, 0.3) is 0 Å². The summed E-state index contributed by atoms with van der Waals surface area (Å²) < 4.78 is 1.85. The molecule has 0 saturated carbocycles. The van der Waals surface area contributed by atoms with E-state index in [-0.39, 0.29) is 0 Å². The molecule has 70 valence electrons. The molecule has 0 saturated heterocycles. The Bertz CT molecular complexity index is 354. The van der Waals surface area contributed by atoms with Crippen molar-refractivity contribution in [1.82, 2.24) is 0 Å². The van der Waals surface area contributed by atoms with Crippen LogP contribution in [0.15, 0.2) is 16.6 Å². The van der Waals surface area contributed by atoms with E-state index >= 15 is 0 Å². The van der Waals surface area contributed by atoms with Crippen LogP contribution in [0, 0.1) is 10.5 Å². The Kier molecular flexibility index (Phi) is 3.55. The molecule has 1 rings (SSSR count). The van der Waals surface area contributed by atoms with E-state index in [2.05, 4.69) is 43.8 Å². The first kappa shape index (κ1) is 10.8. The SMILES string of the molecule is Cc1cc(NC(=O)O)c(I)cc1Br. The van der Waals surface area contributed by atoms with Crippen LogP contribution in [0.1, 0.15) is 5.56 Å². The highest BCUT2D eigenvalue weighted by Gasteiger charge is 2.05. The standard InChI is InChI=1S/C8H7BrINO2/c1-4-2-7(11-8(12)13)6(10)3-5(4)9/h2-3,11H,1H3,(H,12,13). The van der Waals surface area contributed by atoms with E-state index in [0.29, 0.717) is 5.69 Å². The summed E-state index contributed by atoms with van der Waals surface area (Å²) >= 11 is 5.45. The third-order valence-corrected chi connectivity index (χ3v) is 3.24. The number of amides is 1. The van der Waals surface area contributed by atoms with Crippen molar-refractivity contribution in [3.05, 3.63) is 25.7 Å². The molecule has 0 aromatic heterocycles. The molecule has 0 atom stereocenters. The molecule has 0 aliphatic heterocycles. The molecular formula is C8H7BrINO2. The number of nitrogens with one attached hydrogen (secondary N) is 1. The molecule has 1 amide bonds. The van der Waals surface area contributed by atoms with Crippen LogP contribution in [-0.2, 0) is 0 Å². The monoisotopic (exact) mass is 355 g/mol. The highest BCUT2D eigenvalue weighted by molar-refractivity contribution is 14.1. The quantitative estimate of drug-likeness (QED) is 0.758. The molecule has 0 spiro atoms. The summed E-state index contributed by atoms with van der Waals surface area (Å²) in [4.78, 5) is 10.4. The number of halogens is 2. The van der Waals surface area contributed by atoms with Crippen molar-refractivity contribution >= 4 is 50.3 Å². The van der Waals surface area contributed by atoms with Gasteiger partial charge in [-0.3, -0.25) is 5.32 Å². The van der Waals surface area contributed by atoms with Crippen molar-refractivity contribution in [1.29, 1.82) is 0 Å². The van der Waals surface area contributed by atoms with E-state index in [1.807, 2.05) is 13.0 Å². The lowest BCUT2D eigenvalue weighted by Gasteiger charge is -2.06. The van der Waals surface area contributed by atoms with E-state index in [9.17, 15) is 4.79 Å². The van der Waals surface area contributed by atoms with Crippen molar-refractivity contribution in [3.8, 4) is 0 Å². The highest BCUT2D eigenvalue weighted by Crippen LogP contribution is 2.26. The van der Waals surface area contributed by atoms with Crippen LogP contribution in [0.2, 0.25) is 0 Å². The van der Waals surface area contributed by atoms with E-state index < -0.39 is 6.09 Å². The van der Waals surface area contributed by atoms with Gasteiger partial charge in [-0.25, -0.2) is 4.79 Å². The number of benzene rings is 1. The molecule has 1 aromatic carbocycles. The minimum atomic E-state index is -1.04. The molecule has 0 fully saturated rings. The topological polar surface area (TPSA) is 49.3 Å². The molecule has 0 bridgehead atoms. The van der Waals surface area contributed by atoms with E-state index in [0.717, 1.165) is 13.6 Å². The van der Waals surface area contributed by atoms with Gasteiger partial charge in [0.25, 0.3) is 0 Å². The zero-order chi connectivity index (χ0) is 10.0. The molecule has 0 aliphatic rings. The smallest absolute Gasteiger partial charge is 0.409 e. The molecule has 0 unspecified atom stereocenters. The first-order chi connectivity index (χ1) is 6.00. The Morgan fingerprint density at radius 2 is 2.23 bits per heavy atom. The first-order valence-electron chi connectivity index (χ1n) is 3.46. The summed E-state index contributed by atoms with van der Waals surface area (Å²) in [6.07, 6.45) is -1.04. The van der Waals surface area contributed by atoms with Crippen LogP contribution in [0.5, 0.6) is 0 Å². The second-order valence-electron chi connectivity index (χ2n) is 2.51. The summed E-state index contributed by atoms with van der Waals surface area (Å²) in [6, 6.07) is 3.67. The predicted octanol–water partition coefficient (Wildman–Crippen LogP) is 3.45. The van der Waals surface area contributed by atoms with E-state index in [1.165, 1.54) is 0 Å². The van der Waals surface area contributed by atoms with Crippen LogP contribution < -0.4 is 5.32 Å². The zero-order valence-electron chi connectivity index (χ0n) is 6.77. The molecule has 3 nitrogen and oxygen atoms in total. The summed E-state index contributed by atoms with van der Waals surface area (Å²) in [5.74, 6) is 0. The summed E-state index contributed by atoms with van der Waals surface area (Å²) in [6.45, 7) is 1.91. The molecule has 0 radical (unpaired) electrons.